The number of aromatic amines is 1. The smallest absolute Gasteiger partial charge is 0.253 e. The Morgan fingerprint density at radius 1 is 1.07 bits per heavy atom. The van der Waals surface area contributed by atoms with Crippen molar-refractivity contribution in [3.05, 3.63) is 98.5 Å². The van der Waals surface area contributed by atoms with Gasteiger partial charge < -0.3 is 19.9 Å². The van der Waals surface area contributed by atoms with Gasteiger partial charge in [-0.15, -0.1) is 0 Å². The van der Waals surface area contributed by atoms with Crippen molar-refractivity contribution in [2.75, 3.05) is 37.7 Å². The molecule has 7 rings (SSSR count). The van der Waals surface area contributed by atoms with Crippen LogP contribution in [0.3, 0.4) is 0 Å². The van der Waals surface area contributed by atoms with Gasteiger partial charge in [0.05, 0.1) is 13.2 Å². The molecule has 0 radical (unpaired) electrons. The van der Waals surface area contributed by atoms with E-state index in [2.05, 4.69) is 57.7 Å². The quantitative estimate of drug-likeness (QED) is 0.317. The van der Waals surface area contributed by atoms with E-state index >= 15 is 0 Å². The number of H-pyrrole nitrogens is 1. The number of rotatable bonds is 9. The molecular weight excluding hydrogens is 576 g/mol. The number of benzene rings is 2. The number of anilines is 1. The molecule has 46 heavy (non-hydrogen) atoms. The first-order valence-corrected chi connectivity index (χ1v) is 16.7. The van der Waals surface area contributed by atoms with E-state index in [4.69, 9.17) is 4.74 Å². The Morgan fingerprint density at radius 2 is 1.83 bits per heavy atom. The highest BCUT2D eigenvalue weighted by Gasteiger charge is 2.69. The molecule has 1 spiro atoms. The van der Waals surface area contributed by atoms with Gasteiger partial charge in [0.2, 0.25) is 5.91 Å². The van der Waals surface area contributed by atoms with E-state index in [0.29, 0.717) is 29.5 Å². The van der Waals surface area contributed by atoms with Crippen LogP contribution >= 0.6 is 0 Å². The number of morpholine rings is 1. The Balaban J connectivity index is 1.20. The van der Waals surface area contributed by atoms with E-state index in [1.165, 1.54) is 5.56 Å². The molecular formula is C38H44N4O4. The average molecular weight is 621 g/mol. The van der Waals surface area contributed by atoms with Gasteiger partial charge in [-0.1, -0.05) is 36.4 Å². The number of amides is 2. The molecule has 2 heterocycles. The fourth-order valence-corrected chi connectivity index (χ4v) is 8.16. The Morgan fingerprint density at radius 3 is 2.43 bits per heavy atom. The average Bonchev–Trinajstić information content (AvgIpc) is 3.76. The third kappa shape index (κ3) is 5.41. The van der Waals surface area contributed by atoms with Crippen molar-refractivity contribution in [2.24, 2.45) is 23.2 Å². The van der Waals surface area contributed by atoms with Gasteiger partial charge in [-0.3, -0.25) is 19.3 Å². The number of aromatic nitrogens is 1. The third-order valence-corrected chi connectivity index (χ3v) is 11.0. The molecule has 4 atom stereocenters. The van der Waals surface area contributed by atoms with Crippen molar-refractivity contribution in [3.8, 4) is 11.1 Å². The number of aryl methyl sites for hydroxylation is 2. The molecule has 8 heteroatoms. The topological polar surface area (TPSA) is 94.7 Å². The normalized spacial score (nSPS) is 24.6. The molecule has 3 aromatic rings. The zero-order valence-corrected chi connectivity index (χ0v) is 27.3. The van der Waals surface area contributed by atoms with Crippen LogP contribution in [-0.2, 0) is 22.6 Å². The summed E-state index contributed by atoms with van der Waals surface area (Å²) in [6, 6.07) is 14.4. The summed E-state index contributed by atoms with van der Waals surface area (Å²) in [6.45, 7) is 12.6. The van der Waals surface area contributed by atoms with E-state index in [0.717, 1.165) is 79.3 Å². The molecule has 0 bridgehead atoms. The second-order valence-electron chi connectivity index (χ2n) is 13.7. The van der Waals surface area contributed by atoms with Gasteiger partial charge >= 0.3 is 0 Å². The Kier molecular flexibility index (Phi) is 7.97. The summed E-state index contributed by atoms with van der Waals surface area (Å²) in [5, 5.41) is 3.01. The third-order valence-electron chi connectivity index (χ3n) is 11.0. The van der Waals surface area contributed by atoms with Crippen molar-refractivity contribution in [3.63, 3.8) is 0 Å². The van der Waals surface area contributed by atoms with Crippen LogP contribution in [0.4, 0.5) is 5.69 Å². The SMILES string of the molecule is CCN(C(=O)C1CC2C=CC23CC13)c1cc(-c2ccc(CN3CCOCC3)cc2)cc(C(=O)NCc2c(C)cc(C)[nH]c2=O)c1C. The van der Waals surface area contributed by atoms with Gasteiger partial charge in [0, 0.05) is 61.1 Å². The molecule has 3 aliphatic carbocycles. The minimum Gasteiger partial charge on any atom is -0.379 e. The van der Waals surface area contributed by atoms with Crippen LogP contribution in [0.25, 0.3) is 11.1 Å². The van der Waals surface area contributed by atoms with Crippen molar-refractivity contribution in [1.29, 1.82) is 0 Å². The van der Waals surface area contributed by atoms with E-state index in [1.54, 1.807) is 0 Å². The maximum Gasteiger partial charge on any atom is 0.253 e. The lowest BCUT2D eigenvalue weighted by molar-refractivity contribution is -0.122. The van der Waals surface area contributed by atoms with Crippen LogP contribution in [0.5, 0.6) is 0 Å². The molecule has 1 aliphatic heterocycles. The summed E-state index contributed by atoms with van der Waals surface area (Å²) in [7, 11) is 0. The highest BCUT2D eigenvalue weighted by Crippen LogP contribution is 2.74. The Bertz CT molecular complexity index is 1770. The van der Waals surface area contributed by atoms with Crippen LogP contribution in [0.15, 0.2) is 59.4 Å². The predicted octanol–water partition coefficient (Wildman–Crippen LogP) is 5.29. The number of nitrogens with zero attached hydrogens (tertiary/aromatic N) is 2. The van der Waals surface area contributed by atoms with Crippen LogP contribution in [0.1, 0.15) is 58.1 Å². The van der Waals surface area contributed by atoms with E-state index < -0.39 is 0 Å². The summed E-state index contributed by atoms with van der Waals surface area (Å²) in [5.41, 5.74) is 7.39. The second-order valence-corrected chi connectivity index (χ2v) is 13.7. The number of hydrogen-bond acceptors (Lipinski definition) is 5. The summed E-state index contributed by atoms with van der Waals surface area (Å²) in [6.07, 6.45) is 6.63. The van der Waals surface area contributed by atoms with Crippen molar-refractivity contribution >= 4 is 17.5 Å². The van der Waals surface area contributed by atoms with E-state index in [-0.39, 0.29) is 35.3 Å². The molecule has 2 saturated carbocycles. The Hall–Kier alpha value is -4.01. The minimum absolute atomic E-state index is 0.0102. The standard InChI is InChI=1S/C38H44N4O4/c1-5-42(37(45)31-19-29-10-11-38(29)20-33(31)38)34-18-28(27-8-6-26(7-9-27)22-41-12-14-46-15-13-41)17-30(25(34)4)35(43)39-21-32-23(2)16-24(3)40-36(32)44/h6-11,16-18,29,31,33H,5,12-15,19-22H2,1-4H3,(H,39,43)(H,40,44). The molecule has 2 aromatic carbocycles. The van der Waals surface area contributed by atoms with Crippen LogP contribution < -0.4 is 15.8 Å². The number of allylic oxidation sites excluding steroid dienone is 2. The first-order valence-electron chi connectivity index (χ1n) is 16.7. The van der Waals surface area contributed by atoms with Crippen molar-refractivity contribution in [1.82, 2.24) is 15.2 Å². The molecule has 1 saturated heterocycles. The molecule has 4 unspecified atom stereocenters. The number of carbonyl (C=O) groups is 2. The summed E-state index contributed by atoms with van der Waals surface area (Å²) >= 11 is 0. The first kappa shape index (κ1) is 30.6. The molecule has 1 aromatic heterocycles. The van der Waals surface area contributed by atoms with Crippen molar-refractivity contribution < 1.29 is 14.3 Å². The fourth-order valence-electron chi connectivity index (χ4n) is 8.16. The summed E-state index contributed by atoms with van der Waals surface area (Å²) < 4.78 is 5.50. The lowest BCUT2D eigenvalue weighted by atomic mass is 9.80. The molecule has 3 fully saturated rings. The fraction of sp³-hybridized carbons (Fsp3) is 0.447. The summed E-state index contributed by atoms with van der Waals surface area (Å²) in [5.74, 6) is 0.871. The predicted molar refractivity (Wildman–Crippen MR) is 180 cm³/mol. The Labute approximate surface area is 270 Å². The second kappa shape index (κ2) is 12.0. The van der Waals surface area contributed by atoms with Crippen LogP contribution in [0, 0.1) is 43.9 Å². The maximum absolute atomic E-state index is 14.2. The molecule has 2 amide bonds. The van der Waals surface area contributed by atoms with Gasteiger partial charge in [-0.25, -0.2) is 0 Å². The van der Waals surface area contributed by atoms with Gasteiger partial charge in [0.25, 0.3) is 11.5 Å². The van der Waals surface area contributed by atoms with Crippen LogP contribution in [0.2, 0.25) is 0 Å². The number of nitrogens with one attached hydrogen (secondary N) is 2. The number of carbonyl (C=O) groups excluding carboxylic acids is 2. The van der Waals surface area contributed by atoms with Crippen molar-refractivity contribution in [2.45, 2.75) is 53.6 Å². The summed E-state index contributed by atoms with van der Waals surface area (Å²) in [4.78, 5) is 47.9. The highest BCUT2D eigenvalue weighted by atomic mass is 16.5. The lowest BCUT2D eigenvalue weighted by Gasteiger charge is -2.29. The molecule has 8 nitrogen and oxygen atoms in total. The number of pyridine rings is 1. The first-order chi connectivity index (χ1) is 22.2. The number of ether oxygens (including phenoxy) is 1. The van der Waals surface area contributed by atoms with E-state index in [9.17, 15) is 14.4 Å². The van der Waals surface area contributed by atoms with Crippen LogP contribution in [-0.4, -0.2) is 54.5 Å². The van der Waals surface area contributed by atoms with Gasteiger partial charge in [0.1, 0.15) is 0 Å². The zero-order valence-electron chi connectivity index (χ0n) is 27.3. The van der Waals surface area contributed by atoms with Gasteiger partial charge in [-0.05, 0) is 104 Å². The molecule has 4 aliphatic rings. The highest BCUT2D eigenvalue weighted by molar-refractivity contribution is 6.03. The minimum atomic E-state index is -0.267. The maximum atomic E-state index is 14.2. The monoisotopic (exact) mass is 620 g/mol. The number of hydrogen-bond donors (Lipinski definition) is 2. The van der Waals surface area contributed by atoms with Gasteiger partial charge in [-0.2, -0.15) is 0 Å². The zero-order chi connectivity index (χ0) is 32.2. The molecule has 2 N–H and O–H groups in total. The molecule has 240 valence electrons. The largest absolute Gasteiger partial charge is 0.379 e. The van der Waals surface area contributed by atoms with E-state index in [1.807, 2.05) is 44.7 Å². The van der Waals surface area contributed by atoms with Gasteiger partial charge in [0.15, 0.2) is 0 Å². The lowest BCUT2D eigenvalue weighted by Crippen LogP contribution is -2.37.